The third kappa shape index (κ3) is 5.73. The highest BCUT2D eigenvalue weighted by Crippen LogP contribution is 2.20. The number of amides is 1. The highest BCUT2D eigenvalue weighted by Gasteiger charge is 2.11. The van der Waals surface area contributed by atoms with Crippen molar-refractivity contribution in [2.24, 2.45) is 0 Å². The highest BCUT2D eigenvalue weighted by atomic mass is 35.5. The predicted molar refractivity (Wildman–Crippen MR) is 129 cm³/mol. The molecule has 6 nitrogen and oxygen atoms in total. The summed E-state index contributed by atoms with van der Waals surface area (Å²) in [6, 6.07) is 24.2. The molecule has 0 aliphatic heterocycles. The molecule has 1 N–H and O–H groups in total. The van der Waals surface area contributed by atoms with Gasteiger partial charge < -0.3 is 14.8 Å². The molecule has 0 spiro atoms. The number of carbonyl (C=O) groups excluding carboxylic acids is 1. The second-order valence-electron chi connectivity index (χ2n) is 7.54. The topological polar surface area (TPSA) is 65.4 Å². The maximum absolute atomic E-state index is 12.7. The fourth-order valence-corrected chi connectivity index (χ4v) is 3.49. The molecule has 1 heterocycles. The summed E-state index contributed by atoms with van der Waals surface area (Å²) in [7, 11) is 1.63. The zero-order chi connectivity index (χ0) is 23.2. The van der Waals surface area contributed by atoms with Crippen molar-refractivity contribution in [3.8, 4) is 11.5 Å². The van der Waals surface area contributed by atoms with Gasteiger partial charge in [-0.3, -0.25) is 9.48 Å². The average molecular weight is 462 g/mol. The van der Waals surface area contributed by atoms with E-state index in [1.807, 2.05) is 78.3 Å². The minimum Gasteiger partial charge on any atom is -0.497 e. The lowest BCUT2D eigenvalue weighted by Crippen LogP contribution is -2.13. The van der Waals surface area contributed by atoms with Crippen molar-refractivity contribution in [3.63, 3.8) is 0 Å². The van der Waals surface area contributed by atoms with Crippen LogP contribution in [0.15, 0.2) is 78.9 Å². The molecule has 3 aromatic carbocycles. The van der Waals surface area contributed by atoms with Gasteiger partial charge in [0.05, 0.1) is 13.7 Å². The molecule has 4 rings (SSSR count). The fraction of sp³-hybridized carbons (Fsp3) is 0.154. The zero-order valence-electron chi connectivity index (χ0n) is 18.4. The first-order chi connectivity index (χ1) is 16.0. The molecule has 4 aromatic rings. The number of aryl methyl sites for hydroxylation is 1. The molecule has 1 aromatic heterocycles. The molecule has 0 saturated carbocycles. The van der Waals surface area contributed by atoms with Crippen molar-refractivity contribution >= 4 is 23.3 Å². The van der Waals surface area contributed by atoms with Crippen LogP contribution in [0.3, 0.4) is 0 Å². The predicted octanol–water partition coefficient (Wildman–Crippen LogP) is 5.73. The van der Waals surface area contributed by atoms with Gasteiger partial charge in [0, 0.05) is 22.3 Å². The molecule has 0 radical (unpaired) electrons. The van der Waals surface area contributed by atoms with Crippen molar-refractivity contribution in [1.29, 1.82) is 0 Å². The lowest BCUT2D eigenvalue weighted by molar-refractivity contribution is 0.102. The molecule has 33 heavy (non-hydrogen) atoms. The average Bonchev–Trinajstić information content (AvgIpc) is 3.18. The molecule has 0 saturated heterocycles. The maximum Gasteiger partial charge on any atom is 0.256 e. The standard InChI is InChI=1S/C26H24ClN3O3/c1-18-15-25(29-30(18)16-21-5-3-4-6-24(21)27)28-26(31)20-9-7-19(8-10-20)17-33-23-13-11-22(32-2)12-14-23/h3-15H,16-17H2,1-2H3,(H,28,29,31). The number of methoxy groups -OCH3 is 1. The van der Waals surface area contributed by atoms with Crippen LogP contribution < -0.4 is 14.8 Å². The smallest absolute Gasteiger partial charge is 0.256 e. The van der Waals surface area contributed by atoms with Crippen LogP contribution in [-0.2, 0) is 13.2 Å². The molecular weight excluding hydrogens is 438 g/mol. The van der Waals surface area contributed by atoms with Gasteiger partial charge in [0.2, 0.25) is 0 Å². The van der Waals surface area contributed by atoms with Crippen LogP contribution in [0.5, 0.6) is 11.5 Å². The van der Waals surface area contributed by atoms with Crippen molar-refractivity contribution in [2.75, 3.05) is 12.4 Å². The summed E-state index contributed by atoms with van der Waals surface area (Å²) in [5.41, 5.74) is 3.40. The number of benzene rings is 3. The summed E-state index contributed by atoms with van der Waals surface area (Å²) in [5, 5.41) is 8.05. The van der Waals surface area contributed by atoms with E-state index < -0.39 is 0 Å². The van der Waals surface area contributed by atoms with E-state index in [9.17, 15) is 4.79 Å². The number of aromatic nitrogens is 2. The van der Waals surface area contributed by atoms with Gasteiger partial charge in [-0.25, -0.2) is 0 Å². The molecule has 0 fully saturated rings. The molecular formula is C26H24ClN3O3. The Morgan fingerprint density at radius 1 is 1.00 bits per heavy atom. The first-order valence-corrected chi connectivity index (χ1v) is 10.8. The van der Waals surface area contributed by atoms with Crippen LogP contribution >= 0.6 is 11.6 Å². The lowest BCUT2D eigenvalue weighted by atomic mass is 10.1. The Bertz CT molecular complexity index is 1230. The van der Waals surface area contributed by atoms with Crippen LogP contribution in [0.25, 0.3) is 0 Å². The summed E-state index contributed by atoms with van der Waals surface area (Å²) >= 11 is 6.26. The van der Waals surface area contributed by atoms with Gasteiger partial charge in [-0.05, 0) is 60.5 Å². The Hall–Kier alpha value is -3.77. The number of hydrogen-bond donors (Lipinski definition) is 1. The molecule has 1 amide bonds. The number of anilines is 1. The third-order valence-corrected chi connectivity index (χ3v) is 5.55. The van der Waals surface area contributed by atoms with E-state index in [1.165, 1.54) is 0 Å². The van der Waals surface area contributed by atoms with Gasteiger partial charge >= 0.3 is 0 Å². The van der Waals surface area contributed by atoms with E-state index in [1.54, 1.807) is 19.2 Å². The van der Waals surface area contributed by atoms with Gasteiger partial charge in [-0.15, -0.1) is 0 Å². The van der Waals surface area contributed by atoms with Crippen LogP contribution in [0.4, 0.5) is 5.82 Å². The Morgan fingerprint density at radius 2 is 1.70 bits per heavy atom. The van der Waals surface area contributed by atoms with Crippen molar-refractivity contribution < 1.29 is 14.3 Å². The second kappa shape index (κ2) is 10.2. The first-order valence-electron chi connectivity index (χ1n) is 10.5. The summed E-state index contributed by atoms with van der Waals surface area (Å²) in [5.74, 6) is 1.80. The van der Waals surface area contributed by atoms with E-state index in [-0.39, 0.29) is 5.91 Å². The normalized spacial score (nSPS) is 10.6. The number of hydrogen-bond acceptors (Lipinski definition) is 4. The van der Waals surface area contributed by atoms with Crippen LogP contribution in [0, 0.1) is 6.92 Å². The number of halogens is 1. The quantitative estimate of drug-likeness (QED) is 0.363. The van der Waals surface area contributed by atoms with E-state index in [0.29, 0.717) is 29.6 Å². The van der Waals surface area contributed by atoms with Crippen LogP contribution in [0.2, 0.25) is 5.02 Å². The Kier molecular flexibility index (Phi) is 6.95. The van der Waals surface area contributed by atoms with Gasteiger partial charge in [-0.2, -0.15) is 5.10 Å². The van der Waals surface area contributed by atoms with Crippen LogP contribution in [-0.4, -0.2) is 22.8 Å². The van der Waals surface area contributed by atoms with E-state index >= 15 is 0 Å². The SMILES string of the molecule is COc1ccc(OCc2ccc(C(=O)Nc3cc(C)n(Cc4ccccc4Cl)n3)cc2)cc1. The minimum atomic E-state index is -0.222. The number of rotatable bonds is 8. The lowest BCUT2D eigenvalue weighted by Gasteiger charge is -2.08. The Morgan fingerprint density at radius 3 is 2.39 bits per heavy atom. The second-order valence-corrected chi connectivity index (χ2v) is 7.94. The first kappa shape index (κ1) is 22.4. The molecule has 7 heteroatoms. The highest BCUT2D eigenvalue weighted by molar-refractivity contribution is 6.31. The maximum atomic E-state index is 12.7. The molecule has 168 valence electrons. The minimum absolute atomic E-state index is 0.222. The van der Waals surface area contributed by atoms with Gasteiger partial charge in [0.25, 0.3) is 5.91 Å². The van der Waals surface area contributed by atoms with Crippen molar-refractivity contribution in [3.05, 3.63) is 106 Å². The third-order valence-electron chi connectivity index (χ3n) is 5.18. The number of nitrogens with one attached hydrogen (secondary N) is 1. The van der Waals surface area contributed by atoms with Crippen molar-refractivity contribution in [1.82, 2.24) is 9.78 Å². The Balaban J connectivity index is 1.35. The fourth-order valence-electron chi connectivity index (χ4n) is 3.30. The molecule has 0 aliphatic rings. The summed E-state index contributed by atoms with van der Waals surface area (Å²) in [4.78, 5) is 12.7. The van der Waals surface area contributed by atoms with Crippen molar-refractivity contribution in [2.45, 2.75) is 20.1 Å². The Labute approximate surface area is 197 Å². The molecule has 0 unspecified atom stereocenters. The van der Waals surface area contributed by atoms with Gasteiger partial charge in [0.1, 0.15) is 18.1 Å². The summed E-state index contributed by atoms with van der Waals surface area (Å²) < 4.78 is 12.7. The van der Waals surface area contributed by atoms with E-state index in [2.05, 4.69) is 10.4 Å². The number of nitrogens with zero attached hydrogens (tertiary/aromatic N) is 2. The van der Waals surface area contributed by atoms with Gasteiger partial charge in [0.15, 0.2) is 5.82 Å². The summed E-state index contributed by atoms with van der Waals surface area (Å²) in [6.45, 7) is 2.88. The monoisotopic (exact) mass is 461 g/mol. The zero-order valence-corrected chi connectivity index (χ0v) is 19.2. The largest absolute Gasteiger partial charge is 0.497 e. The van der Waals surface area contributed by atoms with E-state index in [0.717, 1.165) is 28.3 Å². The molecule has 0 bridgehead atoms. The van der Waals surface area contributed by atoms with E-state index in [4.69, 9.17) is 21.1 Å². The van der Waals surface area contributed by atoms with Crippen LogP contribution in [0.1, 0.15) is 27.2 Å². The number of carbonyl (C=O) groups is 1. The van der Waals surface area contributed by atoms with Gasteiger partial charge in [-0.1, -0.05) is 41.9 Å². The number of ether oxygens (including phenoxy) is 2. The molecule has 0 atom stereocenters. The summed E-state index contributed by atoms with van der Waals surface area (Å²) in [6.07, 6.45) is 0. The molecule has 0 aliphatic carbocycles.